The standard InChI is InChI=1S/C12H17NO2/c1-8-5-6-11(9(2)7-8)13-10(3)12(14)15-4/h5-7,10,13H,1-4H3. The van der Waals surface area contributed by atoms with Gasteiger partial charge in [0.2, 0.25) is 0 Å². The monoisotopic (exact) mass is 207 g/mol. The average Bonchev–Trinajstić information content (AvgIpc) is 2.20. The summed E-state index contributed by atoms with van der Waals surface area (Å²) in [5.74, 6) is -0.255. The predicted molar refractivity (Wildman–Crippen MR) is 61.0 cm³/mol. The van der Waals surface area contributed by atoms with Gasteiger partial charge < -0.3 is 10.1 Å². The summed E-state index contributed by atoms with van der Waals surface area (Å²) >= 11 is 0. The second-order valence-electron chi connectivity index (χ2n) is 3.71. The molecule has 0 heterocycles. The largest absolute Gasteiger partial charge is 0.467 e. The van der Waals surface area contributed by atoms with E-state index in [9.17, 15) is 4.79 Å². The molecule has 0 aliphatic rings. The summed E-state index contributed by atoms with van der Waals surface area (Å²) in [6.45, 7) is 5.84. The second kappa shape index (κ2) is 4.82. The minimum absolute atomic E-state index is 0.255. The molecule has 3 heteroatoms. The maximum atomic E-state index is 11.2. The zero-order chi connectivity index (χ0) is 11.4. The van der Waals surface area contributed by atoms with Crippen LogP contribution in [0.1, 0.15) is 18.1 Å². The number of hydrogen-bond donors (Lipinski definition) is 1. The molecule has 0 fully saturated rings. The minimum Gasteiger partial charge on any atom is -0.467 e. The number of hydrogen-bond acceptors (Lipinski definition) is 3. The van der Waals surface area contributed by atoms with Gasteiger partial charge in [0, 0.05) is 5.69 Å². The number of rotatable bonds is 3. The zero-order valence-electron chi connectivity index (χ0n) is 9.63. The van der Waals surface area contributed by atoms with Gasteiger partial charge in [-0.05, 0) is 32.4 Å². The lowest BCUT2D eigenvalue weighted by molar-refractivity contribution is -0.141. The van der Waals surface area contributed by atoms with E-state index < -0.39 is 0 Å². The Balaban J connectivity index is 2.76. The minimum atomic E-state index is -0.323. The first kappa shape index (κ1) is 11.6. The summed E-state index contributed by atoms with van der Waals surface area (Å²) in [6, 6.07) is 5.74. The molecule has 0 aromatic heterocycles. The fourth-order valence-electron chi connectivity index (χ4n) is 1.44. The number of carbonyl (C=O) groups excluding carboxylic acids is 1. The number of aryl methyl sites for hydroxylation is 2. The highest BCUT2D eigenvalue weighted by Crippen LogP contribution is 2.17. The lowest BCUT2D eigenvalue weighted by atomic mass is 10.1. The molecule has 1 atom stereocenters. The molecule has 1 aromatic carbocycles. The molecule has 1 aromatic rings. The summed E-state index contributed by atoms with van der Waals surface area (Å²) < 4.78 is 4.65. The fourth-order valence-corrected chi connectivity index (χ4v) is 1.44. The van der Waals surface area contributed by atoms with E-state index in [-0.39, 0.29) is 12.0 Å². The highest BCUT2D eigenvalue weighted by molar-refractivity contribution is 5.79. The van der Waals surface area contributed by atoms with Crippen LogP contribution in [0.4, 0.5) is 5.69 Å². The Morgan fingerprint density at radius 2 is 2.07 bits per heavy atom. The van der Waals surface area contributed by atoms with Gasteiger partial charge in [-0.15, -0.1) is 0 Å². The van der Waals surface area contributed by atoms with Crippen LogP contribution in [0.3, 0.4) is 0 Å². The van der Waals surface area contributed by atoms with Crippen LogP contribution in [0.5, 0.6) is 0 Å². The molecule has 0 spiro atoms. The van der Waals surface area contributed by atoms with Gasteiger partial charge in [0.05, 0.1) is 7.11 Å². The van der Waals surface area contributed by atoms with Crippen molar-refractivity contribution >= 4 is 11.7 Å². The van der Waals surface area contributed by atoms with Crippen molar-refractivity contribution in [2.24, 2.45) is 0 Å². The molecule has 82 valence electrons. The van der Waals surface area contributed by atoms with Crippen molar-refractivity contribution in [2.75, 3.05) is 12.4 Å². The number of methoxy groups -OCH3 is 1. The lowest BCUT2D eigenvalue weighted by Crippen LogP contribution is -2.27. The van der Waals surface area contributed by atoms with Gasteiger partial charge in [-0.3, -0.25) is 0 Å². The molecule has 15 heavy (non-hydrogen) atoms. The summed E-state index contributed by atoms with van der Waals surface area (Å²) in [7, 11) is 1.39. The van der Waals surface area contributed by atoms with Gasteiger partial charge in [-0.2, -0.15) is 0 Å². The van der Waals surface area contributed by atoms with Crippen molar-refractivity contribution in [1.29, 1.82) is 0 Å². The van der Waals surface area contributed by atoms with E-state index in [0.717, 1.165) is 11.3 Å². The Kier molecular flexibility index (Phi) is 3.72. The van der Waals surface area contributed by atoms with Gasteiger partial charge in [0.1, 0.15) is 6.04 Å². The third-order valence-electron chi connectivity index (χ3n) is 2.31. The van der Waals surface area contributed by atoms with E-state index in [1.54, 1.807) is 6.92 Å². The van der Waals surface area contributed by atoms with Crippen LogP contribution in [-0.2, 0) is 9.53 Å². The van der Waals surface area contributed by atoms with Gasteiger partial charge in [-0.1, -0.05) is 17.7 Å². The molecule has 1 N–H and O–H groups in total. The lowest BCUT2D eigenvalue weighted by Gasteiger charge is -2.15. The zero-order valence-corrected chi connectivity index (χ0v) is 9.63. The van der Waals surface area contributed by atoms with Crippen LogP contribution in [-0.4, -0.2) is 19.1 Å². The van der Waals surface area contributed by atoms with Crippen molar-refractivity contribution in [1.82, 2.24) is 0 Å². The van der Waals surface area contributed by atoms with E-state index in [0.29, 0.717) is 0 Å². The highest BCUT2D eigenvalue weighted by atomic mass is 16.5. The molecular formula is C12H17NO2. The Morgan fingerprint density at radius 1 is 1.40 bits per heavy atom. The van der Waals surface area contributed by atoms with Gasteiger partial charge in [-0.25, -0.2) is 4.79 Å². The Bertz CT molecular complexity index is 361. The van der Waals surface area contributed by atoms with Crippen molar-refractivity contribution in [3.63, 3.8) is 0 Å². The quantitative estimate of drug-likeness (QED) is 0.773. The van der Waals surface area contributed by atoms with E-state index in [4.69, 9.17) is 0 Å². The first-order valence-electron chi connectivity index (χ1n) is 4.96. The van der Waals surface area contributed by atoms with E-state index in [1.807, 2.05) is 26.0 Å². The Hall–Kier alpha value is -1.51. The molecule has 0 saturated heterocycles. The SMILES string of the molecule is COC(=O)C(C)Nc1ccc(C)cc1C. The molecule has 0 bridgehead atoms. The Labute approximate surface area is 90.4 Å². The molecule has 0 aliphatic carbocycles. The van der Waals surface area contributed by atoms with Crippen LogP contribution in [0, 0.1) is 13.8 Å². The number of nitrogens with one attached hydrogen (secondary N) is 1. The van der Waals surface area contributed by atoms with Crippen LogP contribution in [0.2, 0.25) is 0 Å². The average molecular weight is 207 g/mol. The number of ether oxygens (including phenoxy) is 1. The number of benzene rings is 1. The number of esters is 1. The van der Waals surface area contributed by atoms with Crippen molar-refractivity contribution in [3.05, 3.63) is 29.3 Å². The molecule has 0 saturated carbocycles. The van der Waals surface area contributed by atoms with Crippen LogP contribution in [0.15, 0.2) is 18.2 Å². The first-order chi connectivity index (χ1) is 7.04. The molecule has 0 amide bonds. The van der Waals surface area contributed by atoms with E-state index in [1.165, 1.54) is 12.7 Å². The molecule has 0 aliphatic heterocycles. The fraction of sp³-hybridized carbons (Fsp3) is 0.417. The summed E-state index contributed by atoms with van der Waals surface area (Å²) in [5, 5.41) is 3.11. The maximum Gasteiger partial charge on any atom is 0.327 e. The molecule has 1 rings (SSSR count). The van der Waals surface area contributed by atoms with Crippen LogP contribution in [0.25, 0.3) is 0 Å². The van der Waals surface area contributed by atoms with Crippen molar-refractivity contribution in [3.8, 4) is 0 Å². The van der Waals surface area contributed by atoms with E-state index >= 15 is 0 Å². The van der Waals surface area contributed by atoms with Gasteiger partial charge >= 0.3 is 5.97 Å². The van der Waals surface area contributed by atoms with Crippen molar-refractivity contribution < 1.29 is 9.53 Å². The second-order valence-corrected chi connectivity index (χ2v) is 3.71. The third-order valence-corrected chi connectivity index (χ3v) is 2.31. The number of anilines is 1. The molecular weight excluding hydrogens is 190 g/mol. The Morgan fingerprint density at radius 3 is 2.60 bits per heavy atom. The van der Waals surface area contributed by atoms with E-state index in [2.05, 4.69) is 16.1 Å². The van der Waals surface area contributed by atoms with Crippen molar-refractivity contribution in [2.45, 2.75) is 26.8 Å². The molecule has 3 nitrogen and oxygen atoms in total. The normalized spacial score (nSPS) is 12.0. The summed E-state index contributed by atoms with van der Waals surface area (Å²) in [5.41, 5.74) is 3.31. The highest BCUT2D eigenvalue weighted by Gasteiger charge is 2.12. The molecule has 0 radical (unpaired) electrons. The van der Waals surface area contributed by atoms with Crippen LogP contribution < -0.4 is 5.32 Å². The first-order valence-corrected chi connectivity index (χ1v) is 4.96. The molecule has 1 unspecified atom stereocenters. The predicted octanol–water partition coefficient (Wildman–Crippen LogP) is 2.28. The number of carbonyl (C=O) groups is 1. The summed E-state index contributed by atoms with van der Waals surface area (Å²) in [6.07, 6.45) is 0. The topological polar surface area (TPSA) is 38.3 Å². The maximum absolute atomic E-state index is 11.2. The van der Waals surface area contributed by atoms with Gasteiger partial charge in [0.15, 0.2) is 0 Å². The van der Waals surface area contributed by atoms with Crippen LogP contribution >= 0.6 is 0 Å². The smallest absolute Gasteiger partial charge is 0.327 e. The van der Waals surface area contributed by atoms with Gasteiger partial charge in [0.25, 0.3) is 0 Å². The summed E-state index contributed by atoms with van der Waals surface area (Å²) in [4.78, 5) is 11.2. The third kappa shape index (κ3) is 2.98.